The van der Waals surface area contributed by atoms with Gasteiger partial charge in [-0.3, -0.25) is 4.90 Å². The standard InChI is InChI=1S/C30H37ClN5OP/c1-20-4-11-26(27(16-20)38(2,3)37)34-28-25(31)18-32-29(35-28)33-23-8-5-21-6-9-24(10-7-22(21)17-23)36-15-14-30(19-36)12-13-30/h4-5,8,11,16-18,24H,6-7,9-10,12-15,19H2,1-3H3,(H2,32,33,34,35)/t24-/m0/s1. The SMILES string of the molecule is Cc1ccc(Nc2nc(Nc3ccc4c(c3)CC[C@@H](N3CCC5(CC5)C3)CC4)ncc2Cl)c(P(C)(C)=O)c1. The Bertz CT molecular complexity index is 1420. The predicted molar refractivity (Wildman–Crippen MR) is 159 cm³/mol. The lowest BCUT2D eigenvalue weighted by atomic mass is 10.0. The summed E-state index contributed by atoms with van der Waals surface area (Å²) in [5, 5.41) is 7.88. The molecule has 8 heteroatoms. The molecule has 3 aliphatic rings. The van der Waals surface area contributed by atoms with Crippen LogP contribution in [0.4, 0.5) is 23.1 Å². The van der Waals surface area contributed by atoms with Crippen molar-refractivity contribution in [2.24, 2.45) is 5.41 Å². The van der Waals surface area contributed by atoms with Gasteiger partial charge in [-0.1, -0.05) is 29.3 Å². The zero-order valence-electron chi connectivity index (χ0n) is 22.6. The fourth-order valence-corrected chi connectivity index (χ4v) is 7.53. The molecule has 0 unspecified atom stereocenters. The number of aromatic nitrogens is 2. The summed E-state index contributed by atoms with van der Waals surface area (Å²) in [6.07, 6.45) is 10.6. The van der Waals surface area contributed by atoms with Gasteiger partial charge >= 0.3 is 0 Å². The lowest BCUT2D eigenvalue weighted by Gasteiger charge is -2.26. The van der Waals surface area contributed by atoms with E-state index in [9.17, 15) is 4.57 Å². The number of benzene rings is 2. The summed E-state index contributed by atoms with van der Waals surface area (Å²) in [6, 6.07) is 13.2. The molecule has 2 fully saturated rings. The number of likely N-dealkylation sites (tertiary alicyclic amines) is 1. The topological polar surface area (TPSA) is 70.2 Å². The van der Waals surface area contributed by atoms with Gasteiger partial charge < -0.3 is 15.2 Å². The number of rotatable bonds is 6. The molecule has 200 valence electrons. The Balaban J connectivity index is 1.17. The van der Waals surface area contributed by atoms with Crippen LogP contribution in [0.15, 0.2) is 42.6 Å². The maximum atomic E-state index is 12.9. The number of anilines is 4. The van der Waals surface area contributed by atoms with E-state index in [4.69, 9.17) is 11.6 Å². The Morgan fingerprint density at radius 3 is 2.55 bits per heavy atom. The van der Waals surface area contributed by atoms with E-state index >= 15 is 0 Å². The van der Waals surface area contributed by atoms with E-state index in [0.717, 1.165) is 35.1 Å². The van der Waals surface area contributed by atoms with Crippen molar-refractivity contribution in [3.05, 3.63) is 64.3 Å². The molecule has 1 spiro atoms. The summed E-state index contributed by atoms with van der Waals surface area (Å²) in [6.45, 7) is 8.16. The van der Waals surface area contributed by atoms with Gasteiger partial charge in [-0.2, -0.15) is 4.98 Å². The number of nitrogens with one attached hydrogen (secondary N) is 2. The first-order valence-corrected chi connectivity index (χ1v) is 16.7. The molecule has 3 aromatic rings. The largest absolute Gasteiger partial charge is 0.338 e. The molecule has 0 bridgehead atoms. The number of hydrogen-bond acceptors (Lipinski definition) is 6. The van der Waals surface area contributed by atoms with Crippen LogP contribution in [0.1, 0.15) is 48.8 Å². The number of halogens is 1. The Kier molecular flexibility index (Phi) is 6.78. The minimum absolute atomic E-state index is 0.409. The van der Waals surface area contributed by atoms with Gasteiger partial charge in [-0.15, -0.1) is 0 Å². The van der Waals surface area contributed by atoms with Crippen LogP contribution in [0.3, 0.4) is 0 Å². The second-order valence-electron chi connectivity index (χ2n) is 11.9. The molecular weight excluding hydrogens is 513 g/mol. The summed E-state index contributed by atoms with van der Waals surface area (Å²) in [5.41, 5.74) is 6.38. The van der Waals surface area contributed by atoms with Gasteiger partial charge in [0, 0.05) is 23.6 Å². The van der Waals surface area contributed by atoms with Crippen LogP contribution in [0.2, 0.25) is 5.02 Å². The summed E-state index contributed by atoms with van der Waals surface area (Å²) in [4.78, 5) is 11.9. The summed E-state index contributed by atoms with van der Waals surface area (Å²) in [7, 11) is -2.50. The van der Waals surface area contributed by atoms with Crippen molar-refractivity contribution in [2.75, 3.05) is 37.1 Å². The smallest absolute Gasteiger partial charge is 0.229 e. The van der Waals surface area contributed by atoms with Crippen LogP contribution < -0.4 is 15.9 Å². The second kappa shape index (κ2) is 9.97. The van der Waals surface area contributed by atoms with Gasteiger partial charge in [-0.25, -0.2) is 4.98 Å². The van der Waals surface area contributed by atoms with Crippen molar-refractivity contribution < 1.29 is 4.57 Å². The molecular formula is C30H37ClN5OP. The van der Waals surface area contributed by atoms with Crippen molar-refractivity contribution in [3.63, 3.8) is 0 Å². The molecule has 2 N–H and O–H groups in total. The minimum Gasteiger partial charge on any atom is -0.338 e. The summed E-state index contributed by atoms with van der Waals surface area (Å²) in [5.74, 6) is 0.958. The average Bonchev–Trinajstić information content (AvgIpc) is 3.56. The van der Waals surface area contributed by atoms with E-state index in [1.165, 1.54) is 56.3 Å². The maximum absolute atomic E-state index is 12.9. The molecule has 2 aliphatic carbocycles. The Labute approximate surface area is 231 Å². The maximum Gasteiger partial charge on any atom is 0.229 e. The van der Waals surface area contributed by atoms with Gasteiger partial charge in [0.1, 0.15) is 12.2 Å². The highest BCUT2D eigenvalue weighted by atomic mass is 35.5. The summed E-state index contributed by atoms with van der Waals surface area (Å²) < 4.78 is 12.9. The third-order valence-electron chi connectivity index (χ3n) is 8.63. The Hall–Kier alpha value is -2.40. The van der Waals surface area contributed by atoms with Crippen molar-refractivity contribution in [2.45, 2.75) is 57.9 Å². The molecule has 2 aromatic carbocycles. The first-order valence-electron chi connectivity index (χ1n) is 13.8. The second-order valence-corrected chi connectivity index (χ2v) is 15.5. The summed E-state index contributed by atoms with van der Waals surface area (Å²) >= 11 is 6.46. The van der Waals surface area contributed by atoms with Gasteiger partial charge in [0.25, 0.3) is 0 Å². The van der Waals surface area contributed by atoms with Crippen LogP contribution in [0.25, 0.3) is 0 Å². The molecule has 0 amide bonds. The first-order chi connectivity index (χ1) is 18.2. The molecule has 1 aliphatic heterocycles. The van der Waals surface area contributed by atoms with Crippen molar-refractivity contribution in [1.82, 2.24) is 14.9 Å². The average molecular weight is 550 g/mol. The first kappa shape index (κ1) is 25.9. The van der Waals surface area contributed by atoms with Gasteiger partial charge in [0.15, 0.2) is 5.82 Å². The van der Waals surface area contributed by atoms with Gasteiger partial charge in [0.05, 0.1) is 11.9 Å². The molecule has 38 heavy (non-hydrogen) atoms. The molecule has 2 heterocycles. The highest BCUT2D eigenvalue weighted by molar-refractivity contribution is 7.70. The van der Waals surface area contributed by atoms with Crippen molar-refractivity contribution in [3.8, 4) is 0 Å². The predicted octanol–water partition coefficient (Wildman–Crippen LogP) is 6.91. The molecule has 0 radical (unpaired) electrons. The van der Waals surface area contributed by atoms with Gasteiger partial charge in [-0.05, 0) is 113 Å². The molecule has 1 aromatic heterocycles. The Morgan fingerprint density at radius 1 is 1.03 bits per heavy atom. The van der Waals surface area contributed by atoms with Crippen LogP contribution in [-0.2, 0) is 17.4 Å². The number of hydrogen-bond donors (Lipinski definition) is 2. The lowest BCUT2D eigenvalue weighted by molar-refractivity contribution is 0.212. The third-order valence-corrected chi connectivity index (χ3v) is 10.4. The van der Waals surface area contributed by atoms with E-state index in [0.29, 0.717) is 28.2 Å². The fourth-order valence-electron chi connectivity index (χ4n) is 6.16. The monoisotopic (exact) mass is 549 g/mol. The lowest BCUT2D eigenvalue weighted by Crippen LogP contribution is -2.33. The highest BCUT2D eigenvalue weighted by Crippen LogP contribution is 2.53. The van der Waals surface area contributed by atoms with E-state index in [-0.39, 0.29) is 0 Å². The number of fused-ring (bicyclic) bond motifs is 1. The number of nitrogens with zero attached hydrogens (tertiary/aromatic N) is 3. The van der Waals surface area contributed by atoms with E-state index in [1.807, 2.05) is 25.1 Å². The van der Waals surface area contributed by atoms with E-state index in [1.54, 1.807) is 19.5 Å². The Morgan fingerprint density at radius 2 is 1.82 bits per heavy atom. The van der Waals surface area contributed by atoms with Crippen LogP contribution in [-0.4, -0.2) is 47.3 Å². The number of aryl methyl sites for hydroxylation is 3. The zero-order chi connectivity index (χ0) is 26.5. The van der Waals surface area contributed by atoms with Crippen LogP contribution in [0, 0.1) is 12.3 Å². The van der Waals surface area contributed by atoms with Gasteiger partial charge in [0.2, 0.25) is 5.95 Å². The molecule has 1 saturated carbocycles. The fraction of sp³-hybridized carbons (Fsp3) is 0.467. The van der Waals surface area contributed by atoms with Crippen LogP contribution >= 0.6 is 18.7 Å². The van der Waals surface area contributed by atoms with Crippen molar-refractivity contribution >= 4 is 47.2 Å². The normalized spacial score (nSPS) is 20.7. The molecule has 6 nitrogen and oxygen atoms in total. The zero-order valence-corrected chi connectivity index (χ0v) is 24.2. The minimum atomic E-state index is -2.50. The van der Waals surface area contributed by atoms with Crippen molar-refractivity contribution in [1.29, 1.82) is 0 Å². The quantitative estimate of drug-likeness (QED) is 0.257. The molecule has 1 atom stereocenters. The molecule has 6 rings (SSSR count). The van der Waals surface area contributed by atoms with Crippen LogP contribution in [0.5, 0.6) is 0 Å². The van der Waals surface area contributed by atoms with E-state index < -0.39 is 7.14 Å². The highest BCUT2D eigenvalue weighted by Gasteiger charge is 2.48. The van der Waals surface area contributed by atoms with E-state index in [2.05, 4.69) is 43.7 Å². The third kappa shape index (κ3) is 5.50. The molecule has 1 saturated heterocycles.